The normalized spacial score (nSPS) is 11.1. The quantitative estimate of drug-likeness (QED) is 0.562. The minimum absolute atomic E-state index is 0.129. The van der Waals surface area contributed by atoms with Crippen molar-refractivity contribution in [3.63, 3.8) is 0 Å². The molecule has 0 fully saturated rings. The molecule has 0 aliphatic carbocycles. The summed E-state index contributed by atoms with van der Waals surface area (Å²) in [5.74, 6) is -0.312. The number of para-hydroxylation sites is 1. The molecule has 0 aliphatic heterocycles. The Balaban J connectivity index is 1.82. The van der Waals surface area contributed by atoms with Gasteiger partial charge in [-0.25, -0.2) is 8.42 Å². The molecule has 0 aromatic heterocycles. The molecule has 1 amide bonds. The highest BCUT2D eigenvalue weighted by molar-refractivity contribution is 7.92. The number of hydrogen-bond donors (Lipinski definition) is 2. The zero-order valence-corrected chi connectivity index (χ0v) is 17.6. The van der Waals surface area contributed by atoms with Crippen molar-refractivity contribution in [1.29, 1.82) is 0 Å². The Kier molecular flexibility index (Phi) is 6.25. The fraction of sp³-hybridized carbons (Fsp3) is 0.136. The Morgan fingerprint density at radius 3 is 2.38 bits per heavy atom. The van der Waals surface area contributed by atoms with E-state index in [0.717, 1.165) is 23.2 Å². The van der Waals surface area contributed by atoms with Gasteiger partial charge in [-0.3, -0.25) is 9.52 Å². The van der Waals surface area contributed by atoms with Crippen LogP contribution in [0.15, 0.2) is 71.6 Å². The Morgan fingerprint density at radius 1 is 1.00 bits per heavy atom. The van der Waals surface area contributed by atoms with Gasteiger partial charge < -0.3 is 5.32 Å². The number of carbonyl (C=O) groups excluding carboxylic acids is 1. The molecule has 2 N–H and O–H groups in total. The van der Waals surface area contributed by atoms with Gasteiger partial charge in [-0.15, -0.1) is 0 Å². The van der Waals surface area contributed by atoms with Crippen molar-refractivity contribution < 1.29 is 13.2 Å². The van der Waals surface area contributed by atoms with Crippen LogP contribution >= 0.6 is 11.6 Å². The molecule has 0 spiro atoms. The van der Waals surface area contributed by atoms with Crippen LogP contribution in [0, 0.1) is 6.92 Å². The summed E-state index contributed by atoms with van der Waals surface area (Å²) in [5, 5.41) is 3.07. The molecule has 0 bridgehead atoms. The van der Waals surface area contributed by atoms with Crippen LogP contribution in [-0.4, -0.2) is 14.3 Å². The SMILES string of the molecule is CCc1cccc(C)c1NC(=O)c1ccc(NS(=O)(=O)c2ccccc2)c(Cl)c1. The van der Waals surface area contributed by atoms with E-state index >= 15 is 0 Å². The van der Waals surface area contributed by atoms with E-state index in [0.29, 0.717) is 5.56 Å². The Labute approximate surface area is 175 Å². The molecular weight excluding hydrogens is 408 g/mol. The van der Waals surface area contributed by atoms with Crippen LogP contribution in [0.25, 0.3) is 0 Å². The number of sulfonamides is 1. The summed E-state index contributed by atoms with van der Waals surface area (Å²) in [7, 11) is -3.77. The summed E-state index contributed by atoms with van der Waals surface area (Å²) in [6.07, 6.45) is 0.790. The van der Waals surface area contributed by atoms with Crippen LogP contribution in [0.1, 0.15) is 28.4 Å². The number of aryl methyl sites for hydroxylation is 2. The first kappa shape index (κ1) is 20.9. The summed E-state index contributed by atoms with van der Waals surface area (Å²) in [6.45, 7) is 3.96. The molecular formula is C22H21ClN2O3S. The minimum Gasteiger partial charge on any atom is -0.321 e. The van der Waals surface area contributed by atoms with Gasteiger partial charge in [0, 0.05) is 11.3 Å². The highest BCUT2D eigenvalue weighted by Crippen LogP contribution is 2.27. The fourth-order valence-electron chi connectivity index (χ4n) is 2.93. The third-order valence-electron chi connectivity index (χ3n) is 4.51. The zero-order chi connectivity index (χ0) is 21.0. The number of rotatable bonds is 6. The lowest BCUT2D eigenvalue weighted by Crippen LogP contribution is -2.16. The molecule has 0 saturated heterocycles. The van der Waals surface area contributed by atoms with E-state index < -0.39 is 10.0 Å². The van der Waals surface area contributed by atoms with Crippen LogP contribution in [0.4, 0.5) is 11.4 Å². The Hall–Kier alpha value is -2.83. The highest BCUT2D eigenvalue weighted by atomic mass is 35.5. The maximum atomic E-state index is 12.7. The Bertz CT molecular complexity index is 1150. The third kappa shape index (κ3) is 4.78. The van der Waals surface area contributed by atoms with E-state index in [9.17, 15) is 13.2 Å². The van der Waals surface area contributed by atoms with Crippen molar-refractivity contribution in [2.24, 2.45) is 0 Å². The van der Waals surface area contributed by atoms with E-state index in [1.165, 1.54) is 30.3 Å². The first-order valence-corrected chi connectivity index (χ1v) is 10.9. The van der Waals surface area contributed by atoms with Gasteiger partial charge in [0.1, 0.15) is 0 Å². The smallest absolute Gasteiger partial charge is 0.261 e. The maximum absolute atomic E-state index is 12.7. The second kappa shape index (κ2) is 8.68. The molecule has 0 radical (unpaired) electrons. The van der Waals surface area contributed by atoms with Gasteiger partial charge in [0.15, 0.2) is 0 Å². The predicted molar refractivity (Wildman–Crippen MR) is 117 cm³/mol. The molecule has 0 saturated carbocycles. The summed E-state index contributed by atoms with van der Waals surface area (Å²) >= 11 is 6.25. The third-order valence-corrected chi connectivity index (χ3v) is 6.20. The number of amides is 1. The number of anilines is 2. The average molecular weight is 429 g/mol. The molecule has 150 valence electrons. The van der Waals surface area contributed by atoms with Gasteiger partial charge in [-0.05, 0) is 54.8 Å². The lowest BCUT2D eigenvalue weighted by Gasteiger charge is -2.14. The second-order valence-corrected chi connectivity index (χ2v) is 8.62. The van der Waals surface area contributed by atoms with Gasteiger partial charge in [0.2, 0.25) is 0 Å². The maximum Gasteiger partial charge on any atom is 0.261 e. The van der Waals surface area contributed by atoms with Crippen LogP contribution in [-0.2, 0) is 16.4 Å². The molecule has 3 rings (SSSR count). The van der Waals surface area contributed by atoms with Crippen molar-refractivity contribution in [2.75, 3.05) is 10.0 Å². The zero-order valence-electron chi connectivity index (χ0n) is 16.1. The summed E-state index contributed by atoms with van der Waals surface area (Å²) in [5.41, 5.74) is 3.33. The molecule has 5 nitrogen and oxygen atoms in total. The molecule has 0 heterocycles. The van der Waals surface area contributed by atoms with Gasteiger partial charge >= 0.3 is 0 Å². The summed E-state index contributed by atoms with van der Waals surface area (Å²) in [4.78, 5) is 12.8. The van der Waals surface area contributed by atoms with Gasteiger partial charge in [-0.2, -0.15) is 0 Å². The van der Waals surface area contributed by atoms with Crippen LogP contribution in [0.5, 0.6) is 0 Å². The molecule has 0 unspecified atom stereocenters. The number of halogens is 1. The average Bonchev–Trinajstić information content (AvgIpc) is 2.71. The molecule has 3 aromatic carbocycles. The monoisotopic (exact) mass is 428 g/mol. The van der Waals surface area contributed by atoms with Crippen molar-refractivity contribution in [2.45, 2.75) is 25.2 Å². The topological polar surface area (TPSA) is 75.3 Å². The number of carbonyl (C=O) groups is 1. The molecule has 7 heteroatoms. The molecule has 3 aromatic rings. The molecule has 0 atom stereocenters. The standard InChI is InChI=1S/C22H21ClN2O3S/c1-3-16-9-7-8-15(2)21(16)24-22(26)17-12-13-20(19(23)14-17)25-29(27,28)18-10-5-4-6-11-18/h4-14,25H,3H2,1-2H3,(H,24,26). The second-order valence-electron chi connectivity index (χ2n) is 6.53. The fourth-order valence-corrected chi connectivity index (χ4v) is 4.31. The number of nitrogens with one attached hydrogen (secondary N) is 2. The van der Waals surface area contributed by atoms with Crippen LogP contribution in [0.2, 0.25) is 5.02 Å². The molecule has 29 heavy (non-hydrogen) atoms. The van der Waals surface area contributed by atoms with Crippen LogP contribution < -0.4 is 10.0 Å². The van der Waals surface area contributed by atoms with Gasteiger partial charge in [0.05, 0.1) is 15.6 Å². The van der Waals surface area contributed by atoms with Crippen molar-refractivity contribution >= 4 is 38.9 Å². The van der Waals surface area contributed by atoms with E-state index in [4.69, 9.17) is 11.6 Å². The van der Waals surface area contributed by atoms with Crippen molar-refractivity contribution in [3.05, 3.63) is 88.4 Å². The van der Waals surface area contributed by atoms with Gasteiger partial charge in [0.25, 0.3) is 15.9 Å². The summed E-state index contributed by atoms with van der Waals surface area (Å²) in [6, 6.07) is 18.3. The lowest BCUT2D eigenvalue weighted by atomic mass is 10.1. The lowest BCUT2D eigenvalue weighted by molar-refractivity contribution is 0.102. The first-order valence-electron chi connectivity index (χ1n) is 9.09. The highest BCUT2D eigenvalue weighted by Gasteiger charge is 2.17. The van der Waals surface area contributed by atoms with Gasteiger partial charge in [-0.1, -0.05) is 54.9 Å². The number of hydrogen-bond acceptors (Lipinski definition) is 3. The van der Waals surface area contributed by atoms with Crippen molar-refractivity contribution in [3.8, 4) is 0 Å². The largest absolute Gasteiger partial charge is 0.321 e. The molecule has 0 aliphatic rings. The van der Waals surface area contributed by atoms with E-state index in [-0.39, 0.29) is 21.5 Å². The van der Waals surface area contributed by atoms with Crippen molar-refractivity contribution in [1.82, 2.24) is 0 Å². The first-order chi connectivity index (χ1) is 13.8. The van der Waals surface area contributed by atoms with Crippen LogP contribution in [0.3, 0.4) is 0 Å². The Morgan fingerprint density at radius 2 is 1.72 bits per heavy atom. The predicted octanol–water partition coefficient (Wildman–Crippen LogP) is 5.26. The number of benzene rings is 3. The van der Waals surface area contributed by atoms with E-state index in [2.05, 4.69) is 10.0 Å². The van der Waals surface area contributed by atoms with E-state index in [1.54, 1.807) is 18.2 Å². The minimum atomic E-state index is -3.77. The van der Waals surface area contributed by atoms with E-state index in [1.807, 2.05) is 32.0 Å². The summed E-state index contributed by atoms with van der Waals surface area (Å²) < 4.78 is 27.4.